The molecular weight excluding hydrogens is 257 g/mol. The van der Waals surface area contributed by atoms with Crippen LogP contribution in [0, 0.1) is 5.92 Å². The summed E-state index contributed by atoms with van der Waals surface area (Å²) in [6.45, 7) is 1.11. The van der Waals surface area contributed by atoms with E-state index in [1.807, 2.05) is 0 Å². The summed E-state index contributed by atoms with van der Waals surface area (Å²) in [6.07, 6.45) is -0.544. The predicted octanol–water partition coefficient (Wildman–Crippen LogP) is 2.00. The third-order valence-corrected chi connectivity index (χ3v) is 4.03. The van der Waals surface area contributed by atoms with Gasteiger partial charge in [-0.1, -0.05) is 0 Å². The lowest BCUT2D eigenvalue weighted by atomic mass is 10.1. The number of piperidine rings is 1. The molecule has 3 atom stereocenters. The van der Waals surface area contributed by atoms with Crippen LogP contribution < -0.4 is 5.32 Å². The topological polar surface area (TPSA) is 41.0 Å². The summed E-state index contributed by atoms with van der Waals surface area (Å²) in [5, 5.41) is 3.15. The Morgan fingerprint density at radius 2 is 1.95 bits per heavy atom. The van der Waals surface area contributed by atoms with E-state index in [0.717, 1.165) is 31.8 Å². The van der Waals surface area contributed by atoms with E-state index in [1.54, 1.807) is 0 Å². The molecule has 0 amide bonds. The highest BCUT2D eigenvalue weighted by atomic mass is 19.4. The van der Waals surface area contributed by atoms with Gasteiger partial charge < -0.3 is 10.2 Å². The van der Waals surface area contributed by atoms with Crippen molar-refractivity contribution in [1.29, 1.82) is 0 Å². The number of hydrogen-bond acceptors (Lipinski definition) is 4. The van der Waals surface area contributed by atoms with Crippen LogP contribution in [0.15, 0.2) is 12.4 Å². The van der Waals surface area contributed by atoms with Crippen LogP contribution in [0.2, 0.25) is 0 Å². The van der Waals surface area contributed by atoms with Gasteiger partial charge >= 0.3 is 6.18 Å². The van der Waals surface area contributed by atoms with Crippen molar-refractivity contribution in [3.8, 4) is 0 Å². The number of rotatable bonds is 2. The Kier molecular flexibility index (Phi) is 2.88. The number of hydrogen-bond donors (Lipinski definition) is 1. The SMILES string of the molecule is CN1CC2CC(Nc3ncc(C(F)(F)F)cn3)C1C2. The molecule has 1 aromatic rings. The Morgan fingerprint density at radius 3 is 2.47 bits per heavy atom. The van der Waals surface area contributed by atoms with Crippen molar-refractivity contribution in [3.05, 3.63) is 18.0 Å². The molecule has 1 aliphatic heterocycles. The van der Waals surface area contributed by atoms with Gasteiger partial charge in [0.05, 0.1) is 5.56 Å². The van der Waals surface area contributed by atoms with E-state index in [4.69, 9.17) is 0 Å². The van der Waals surface area contributed by atoms with Crippen molar-refractivity contribution >= 4 is 5.95 Å². The molecule has 1 N–H and O–H groups in total. The molecule has 1 aliphatic carbocycles. The van der Waals surface area contributed by atoms with Gasteiger partial charge in [0, 0.05) is 31.0 Å². The number of likely N-dealkylation sites (tertiary alicyclic amines) is 1. The molecular formula is C12H15F3N4. The molecule has 1 saturated carbocycles. The molecule has 104 valence electrons. The average Bonchev–Trinajstić information content (AvgIpc) is 2.87. The monoisotopic (exact) mass is 272 g/mol. The van der Waals surface area contributed by atoms with Gasteiger partial charge in [-0.25, -0.2) is 9.97 Å². The van der Waals surface area contributed by atoms with Gasteiger partial charge in [0.1, 0.15) is 0 Å². The first-order chi connectivity index (χ1) is 8.93. The van der Waals surface area contributed by atoms with Gasteiger partial charge in [0.25, 0.3) is 0 Å². The maximum absolute atomic E-state index is 12.4. The largest absolute Gasteiger partial charge is 0.419 e. The second-order valence-electron chi connectivity index (χ2n) is 5.39. The minimum atomic E-state index is -4.38. The number of likely N-dealkylation sites (N-methyl/N-ethyl adjacent to an activating group) is 1. The Hall–Kier alpha value is -1.37. The molecule has 7 heteroatoms. The summed E-state index contributed by atoms with van der Waals surface area (Å²) in [5.74, 6) is 0.959. The van der Waals surface area contributed by atoms with Crippen LogP contribution in [0.4, 0.5) is 19.1 Å². The van der Waals surface area contributed by atoms with Crippen LogP contribution in [-0.2, 0) is 6.18 Å². The van der Waals surface area contributed by atoms with Crippen LogP contribution in [0.25, 0.3) is 0 Å². The van der Waals surface area contributed by atoms with Crippen molar-refractivity contribution in [2.24, 2.45) is 5.92 Å². The van der Waals surface area contributed by atoms with Gasteiger partial charge in [-0.15, -0.1) is 0 Å². The molecule has 1 saturated heterocycles. The lowest BCUT2D eigenvalue weighted by molar-refractivity contribution is -0.138. The molecule has 2 heterocycles. The van der Waals surface area contributed by atoms with Gasteiger partial charge in [-0.05, 0) is 25.8 Å². The zero-order valence-electron chi connectivity index (χ0n) is 10.5. The Labute approximate surface area is 109 Å². The summed E-state index contributed by atoms with van der Waals surface area (Å²) < 4.78 is 37.2. The van der Waals surface area contributed by atoms with Crippen LogP contribution >= 0.6 is 0 Å². The molecule has 0 radical (unpaired) electrons. The molecule has 2 bridgehead atoms. The van der Waals surface area contributed by atoms with Crippen LogP contribution in [0.5, 0.6) is 0 Å². The normalized spacial score (nSPS) is 30.8. The maximum atomic E-state index is 12.4. The quantitative estimate of drug-likeness (QED) is 0.894. The molecule has 0 aromatic carbocycles. The van der Waals surface area contributed by atoms with E-state index in [9.17, 15) is 13.2 Å². The number of aromatic nitrogens is 2. The fourth-order valence-corrected chi connectivity index (χ4v) is 3.17. The zero-order valence-corrected chi connectivity index (χ0v) is 10.5. The minimum Gasteiger partial charge on any atom is -0.350 e. The van der Waals surface area contributed by atoms with Crippen molar-refractivity contribution in [2.75, 3.05) is 18.9 Å². The van der Waals surface area contributed by atoms with Gasteiger partial charge in [-0.2, -0.15) is 13.2 Å². The standard InChI is InChI=1S/C12H15F3N4/c1-19-6-7-2-9(10(19)3-7)18-11-16-4-8(5-17-11)12(13,14)15/h4-5,7,9-10H,2-3,6H2,1H3,(H,16,17,18). The van der Waals surface area contributed by atoms with E-state index >= 15 is 0 Å². The molecule has 2 fully saturated rings. The predicted molar refractivity (Wildman–Crippen MR) is 63.6 cm³/mol. The number of halogens is 3. The highest BCUT2D eigenvalue weighted by Crippen LogP contribution is 2.37. The number of fused-ring (bicyclic) bond motifs is 2. The van der Waals surface area contributed by atoms with Gasteiger partial charge in [0.15, 0.2) is 0 Å². The van der Waals surface area contributed by atoms with Gasteiger partial charge in [-0.3, -0.25) is 0 Å². The first kappa shape index (κ1) is 12.7. The fourth-order valence-electron chi connectivity index (χ4n) is 3.17. The second-order valence-corrected chi connectivity index (χ2v) is 5.39. The minimum absolute atomic E-state index is 0.237. The first-order valence-corrected chi connectivity index (χ1v) is 6.29. The molecule has 1 aromatic heterocycles. The third kappa shape index (κ3) is 2.39. The molecule has 4 nitrogen and oxygen atoms in total. The number of alkyl halides is 3. The van der Waals surface area contributed by atoms with E-state index in [-0.39, 0.29) is 12.0 Å². The highest BCUT2D eigenvalue weighted by molar-refractivity contribution is 5.29. The summed E-state index contributed by atoms with van der Waals surface area (Å²) in [6, 6.07) is 0.677. The Bertz CT molecular complexity index is 459. The van der Waals surface area contributed by atoms with E-state index < -0.39 is 11.7 Å². The summed E-state index contributed by atoms with van der Waals surface area (Å²) in [7, 11) is 2.08. The van der Waals surface area contributed by atoms with Crippen LogP contribution in [0.1, 0.15) is 18.4 Å². The van der Waals surface area contributed by atoms with Crippen molar-refractivity contribution in [2.45, 2.75) is 31.1 Å². The summed E-state index contributed by atoms with van der Waals surface area (Å²) in [4.78, 5) is 9.80. The molecule has 19 heavy (non-hydrogen) atoms. The first-order valence-electron chi connectivity index (χ1n) is 6.29. The summed E-state index contributed by atoms with van der Waals surface area (Å²) in [5.41, 5.74) is -0.817. The van der Waals surface area contributed by atoms with E-state index in [1.165, 1.54) is 0 Å². The molecule has 3 rings (SSSR count). The summed E-state index contributed by atoms with van der Waals surface area (Å²) >= 11 is 0. The molecule has 3 unspecified atom stereocenters. The van der Waals surface area contributed by atoms with Gasteiger partial charge in [0.2, 0.25) is 5.95 Å². The van der Waals surface area contributed by atoms with E-state index in [0.29, 0.717) is 12.0 Å². The number of nitrogens with zero attached hydrogens (tertiary/aromatic N) is 3. The second kappa shape index (κ2) is 4.33. The van der Waals surface area contributed by atoms with Crippen molar-refractivity contribution in [3.63, 3.8) is 0 Å². The maximum Gasteiger partial charge on any atom is 0.419 e. The van der Waals surface area contributed by atoms with Crippen LogP contribution in [0.3, 0.4) is 0 Å². The lowest BCUT2D eigenvalue weighted by Crippen LogP contribution is -2.42. The van der Waals surface area contributed by atoms with E-state index in [2.05, 4.69) is 27.2 Å². The highest BCUT2D eigenvalue weighted by Gasteiger charge is 2.43. The zero-order chi connectivity index (χ0) is 13.6. The van der Waals surface area contributed by atoms with Crippen molar-refractivity contribution in [1.82, 2.24) is 14.9 Å². The number of nitrogens with one attached hydrogen (secondary N) is 1. The van der Waals surface area contributed by atoms with Crippen molar-refractivity contribution < 1.29 is 13.2 Å². The Morgan fingerprint density at radius 1 is 1.26 bits per heavy atom. The Balaban J connectivity index is 1.68. The lowest BCUT2D eigenvalue weighted by Gasteiger charge is -2.30. The third-order valence-electron chi connectivity index (χ3n) is 4.03. The molecule has 2 aliphatic rings. The van der Waals surface area contributed by atoms with Crippen LogP contribution in [-0.4, -0.2) is 40.5 Å². The average molecular weight is 272 g/mol. The molecule has 0 spiro atoms. The fraction of sp³-hybridized carbons (Fsp3) is 0.667. The smallest absolute Gasteiger partial charge is 0.350 e. The number of anilines is 1.